The number of rotatable bonds is 8. The summed E-state index contributed by atoms with van der Waals surface area (Å²) in [6, 6.07) is 29.8. The summed E-state index contributed by atoms with van der Waals surface area (Å²) in [4.78, 5) is 25.6. The van der Waals surface area contributed by atoms with E-state index in [0.29, 0.717) is 40.1 Å². The minimum Gasteiger partial charge on any atom is -0.348 e. The van der Waals surface area contributed by atoms with Crippen LogP contribution in [0.4, 0.5) is 38.2 Å². The van der Waals surface area contributed by atoms with Gasteiger partial charge in [0.1, 0.15) is 24.3 Å². The molecule has 0 saturated heterocycles. The Kier molecular flexibility index (Phi) is 10.4. The number of aromatic nitrogens is 8. The summed E-state index contributed by atoms with van der Waals surface area (Å²) in [5.74, 6) is 1.74. The highest BCUT2D eigenvalue weighted by molar-refractivity contribution is 5.79. The normalized spacial score (nSPS) is 12.9. The number of hydrogen-bond acceptors (Lipinski definition) is 8. The molecule has 0 amide bonds. The van der Waals surface area contributed by atoms with Gasteiger partial charge in [-0.3, -0.25) is 9.13 Å². The van der Waals surface area contributed by atoms with Gasteiger partial charge in [0, 0.05) is 12.4 Å². The number of nitrogens with one attached hydrogen (secondary N) is 2. The Hall–Kier alpha value is -6.84. The minimum absolute atomic E-state index is 0.00896. The van der Waals surface area contributed by atoms with E-state index < -0.39 is 23.5 Å². The number of alkyl halides is 6. The first kappa shape index (κ1) is 37.5. The molecule has 2 atom stereocenters. The van der Waals surface area contributed by atoms with Crippen LogP contribution in [0, 0.1) is 0 Å². The van der Waals surface area contributed by atoms with E-state index in [1.165, 1.54) is 29.4 Å². The number of benzene rings is 4. The predicted molar refractivity (Wildman–Crippen MR) is 200 cm³/mol. The van der Waals surface area contributed by atoms with E-state index in [-0.39, 0.29) is 17.6 Å². The van der Waals surface area contributed by atoms with Crippen LogP contribution < -0.4 is 10.6 Å². The van der Waals surface area contributed by atoms with Crippen molar-refractivity contribution in [1.29, 1.82) is 0 Å². The number of imidazole rings is 2. The van der Waals surface area contributed by atoms with Crippen LogP contribution in [-0.4, -0.2) is 39.0 Å². The molecule has 284 valence electrons. The average Bonchev–Trinajstić information content (AvgIpc) is 3.83. The van der Waals surface area contributed by atoms with Gasteiger partial charge in [0.05, 0.1) is 45.3 Å². The van der Waals surface area contributed by atoms with E-state index in [1.54, 1.807) is 29.1 Å². The quantitative estimate of drug-likeness (QED) is 0.147. The second-order valence-corrected chi connectivity index (χ2v) is 12.7. The van der Waals surface area contributed by atoms with E-state index >= 15 is 0 Å². The highest BCUT2D eigenvalue weighted by Gasteiger charge is 2.32. The van der Waals surface area contributed by atoms with Crippen molar-refractivity contribution in [2.75, 3.05) is 10.6 Å². The minimum atomic E-state index is -4.42. The second kappa shape index (κ2) is 15.5. The van der Waals surface area contributed by atoms with Gasteiger partial charge in [-0.25, -0.2) is 19.9 Å². The molecule has 0 aliphatic heterocycles. The van der Waals surface area contributed by atoms with Gasteiger partial charge in [-0.15, -0.1) is 0 Å². The maximum Gasteiger partial charge on any atom is 0.416 e. The molecular weight excluding hydrogens is 734 g/mol. The maximum absolute atomic E-state index is 13.1. The monoisotopic (exact) mass is 766 g/mol. The third-order valence-electron chi connectivity index (χ3n) is 8.81. The van der Waals surface area contributed by atoms with E-state index in [0.717, 1.165) is 35.4 Å². The van der Waals surface area contributed by atoms with E-state index in [4.69, 9.17) is 0 Å². The summed E-state index contributed by atoms with van der Waals surface area (Å²) in [6.07, 6.45) is -2.76. The predicted octanol–water partition coefficient (Wildman–Crippen LogP) is 10.0. The SMILES string of the molecule is C[C@H](Nc1nccc(-n2cnc3cc(C(F)(F)F)ccc32)n1)c1ccccc1.C[C@H](Nc1nccc(-n2cnc3ccc(C(F)(F)F)cc32)n1)c1ccccc1. The smallest absolute Gasteiger partial charge is 0.348 e. The summed E-state index contributed by atoms with van der Waals surface area (Å²) in [7, 11) is 0. The Morgan fingerprint density at radius 3 is 1.48 bits per heavy atom. The van der Waals surface area contributed by atoms with Crippen LogP contribution in [0.25, 0.3) is 33.7 Å². The van der Waals surface area contributed by atoms with Gasteiger partial charge >= 0.3 is 12.4 Å². The number of fused-ring (bicyclic) bond motifs is 2. The Morgan fingerprint density at radius 1 is 0.500 bits per heavy atom. The molecule has 0 spiro atoms. The van der Waals surface area contributed by atoms with Crippen molar-refractivity contribution in [2.24, 2.45) is 0 Å². The van der Waals surface area contributed by atoms with Gasteiger partial charge < -0.3 is 10.6 Å². The van der Waals surface area contributed by atoms with Crippen LogP contribution in [0.15, 0.2) is 134 Å². The zero-order valence-electron chi connectivity index (χ0n) is 29.7. The summed E-state index contributed by atoms with van der Waals surface area (Å²) in [5.41, 5.74) is 2.27. The van der Waals surface area contributed by atoms with Crippen LogP contribution in [-0.2, 0) is 12.4 Å². The molecule has 56 heavy (non-hydrogen) atoms. The number of hydrogen-bond donors (Lipinski definition) is 2. The number of anilines is 2. The fourth-order valence-electron chi connectivity index (χ4n) is 5.88. The van der Waals surface area contributed by atoms with Gasteiger partial charge in [0.2, 0.25) is 11.9 Å². The highest BCUT2D eigenvalue weighted by atomic mass is 19.4. The Balaban J connectivity index is 0.000000172. The third-order valence-corrected chi connectivity index (χ3v) is 8.81. The van der Waals surface area contributed by atoms with Crippen molar-refractivity contribution in [1.82, 2.24) is 39.0 Å². The molecule has 0 aliphatic rings. The lowest BCUT2D eigenvalue weighted by Crippen LogP contribution is -2.10. The van der Waals surface area contributed by atoms with Gasteiger partial charge in [0.25, 0.3) is 0 Å². The van der Waals surface area contributed by atoms with E-state index in [1.807, 2.05) is 74.5 Å². The second-order valence-electron chi connectivity index (χ2n) is 12.7. The highest BCUT2D eigenvalue weighted by Crippen LogP contribution is 2.33. The first-order valence-corrected chi connectivity index (χ1v) is 17.2. The van der Waals surface area contributed by atoms with E-state index in [9.17, 15) is 26.3 Å². The zero-order valence-corrected chi connectivity index (χ0v) is 29.7. The molecule has 0 aliphatic carbocycles. The van der Waals surface area contributed by atoms with Crippen molar-refractivity contribution in [3.63, 3.8) is 0 Å². The third kappa shape index (κ3) is 8.43. The standard InChI is InChI=1S/2C20H16F3N5/c1-13(14-5-3-2-4-6-14)26-19-24-10-9-18(27-19)28-12-25-16-11-15(20(21,22)23)7-8-17(16)28;1-13(14-5-3-2-4-6-14)26-19-24-10-9-18(27-19)28-12-25-16-8-7-15(11-17(16)28)20(21,22)23/h2*2-13H,1H3,(H,24,26,27)/t2*13-/m00/s1. The number of nitrogens with zero attached hydrogens (tertiary/aromatic N) is 8. The fraction of sp³-hybridized carbons (Fsp3) is 0.150. The van der Waals surface area contributed by atoms with Gasteiger partial charge in [0.15, 0.2) is 0 Å². The topological polar surface area (TPSA) is 111 Å². The molecule has 8 aromatic rings. The van der Waals surface area contributed by atoms with Gasteiger partial charge in [-0.05, 0) is 73.5 Å². The molecule has 10 nitrogen and oxygen atoms in total. The molecule has 4 aromatic carbocycles. The largest absolute Gasteiger partial charge is 0.416 e. The van der Waals surface area contributed by atoms with Gasteiger partial charge in [-0.1, -0.05) is 60.7 Å². The molecule has 4 heterocycles. The Labute approximate surface area is 316 Å². The summed E-state index contributed by atoms with van der Waals surface area (Å²) in [5, 5.41) is 6.44. The van der Waals surface area contributed by atoms with Crippen molar-refractivity contribution >= 4 is 34.0 Å². The van der Waals surface area contributed by atoms with Crippen LogP contribution >= 0.6 is 0 Å². The molecular formula is C40H32F6N10. The first-order valence-electron chi connectivity index (χ1n) is 17.2. The van der Waals surface area contributed by atoms with Crippen LogP contribution in [0.3, 0.4) is 0 Å². The molecule has 8 rings (SSSR count). The molecule has 0 saturated carbocycles. The van der Waals surface area contributed by atoms with Crippen molar-refractivity contribution in [3.05, 3.63) is 156 Å². The lowest BCUT2D eigenvalue weighted by Gasteiger charge is -2.15. The lowest BCUT2D eigenvalue weighted by molar-refractivity contribution is -0.138. The number of halogens is 6. The summed E-state index contributed by atoms with van der Waals surface area (Å²) >= 11 is 0. The molecule has 0 unspecified atom stereocenters. The molecule has 4 aromatic heterocycles. The van der Waals surface area contributed by atoms with Crippen LogP contribution in [0.5, 0.6) is 0 Å². The van der Waals surface area contributed by atoms with Crippen molar-refractivity contribution < 1.29 is 26.3 Å². The van der Waals surface area contributed by atoms with E-state index in [2.05, 4.69) is 40.5 Å². The molecule has 0 fully saturated rings. The average molecular weight is 767 g/mol. The lowest BCUT2D eigenvalue weighted by atomic mass is 10.1. The fourth-order valence-corrected chi connectivity index (χ4v) is 5.88. The van der Waals surface area contributed by atoms with Crippen molar-refractivity contribution in [2.45, 2.75) is 38.3 Å². The molecule has 16 heteroatoms. The van der Waals surface area contributed by atoms with Crippen LogP contribution in [0.1, 0.15) is 48.2 Å². The maximum atomic E-state index is 13.1. The van der Waals surface area contributed by atoms with Crippen LogP contribution in [0.2, 0.25) is 0 Å². The van der Waals surface area contributed by atoms with Crippen molar-refractivity contribution in [3.8, 4) is 11.6 Å². The summed E-state index contributed by atoms with van der Waals surface area (Å²) < 4.78 is 81.0. The Bertz CT molecular complexity index is 2570. The molecule has 2 N–H and O–H groups in total. The van der Waals surface area contributed by atoms with Gasteiger partial charge in [-0.2, -0.15) is 36.3 Å². The molecule has 0 bridgehead atoms. The first-order chi connectivity index (χ1) is 26.8. The molecule has 0 radical (unpaired) electrons. The summed E-state index contributed by atoms with van der Waals surface area (Å²) in [6.45, 7) is 3.98. The zero-order chi connectivity index (χ0) is 39.5. The Morgan fingerprint density at radius 2 is 0.964 bits per heavy atom.